The molecule has 0 aliphatic carbocycles. The van der Waals surface area contributed by atoms with Crippen LogP contribution in [0.2, 0.25) is 0 Å². The van der Waals surface area contributed by atoms with Crippen molar-refractivity contribution in [2.75, 3.05) is 37.4 Å². The zero-order valence-corrected chi connectivity index (χ0v) is 14.3. The molecule has 0 saturated carbocycles. The van der Waals surface area contributed by atoms with Gasteiger partial charge in [0.25, 0.3) is 5.91 Å². The van der Waals surface area contributed by atoms with Crippen LogP contribution >= 0.6 is 11.3 Å². The number of hydrogen-bond donors (Lipinski definition) is 3. The summed E-state index contributed by atoms with van der Waals surface area (Å²) in [5, 5.41) is 3.43. The third kappa shape index (κ3) is 3.86. The maximum absolute atomic E-state index is 12.2. The van der Waals surface area contributed by atoms with Gasteiger partial charge in [-0.15, -0.1) is 11.3 Å². The summed E-state index contributed by atoms with van der Waals surface area (Å²) in [5.74, 6) is -0.817. The second kappa shape index (κ2) is 6.63. The molecule has 1 amide bonds. The number of amides is 1. The van der Waals surface area contributed by atoms with Crippen LogP contribution < -0.4 is 16.8 Å². The maximum atomic E-state index is 12.2. The lowest BCUT2D eigenvalue weighted by atomic mass is 10.3. The number of carbonyl (C=O) groups excluding carboxylic acids is 1. The van der Waals surface area contributed by atoms with Crippen molar-refractivity contribution in [1.82, 2.24) is 4.90 Å². The SMILES string of the molecule is CCS(=O)(=O)c1c(NCC(C)N(C)C)sc(C(N)=O)c1N. The van der Waals surface area contributed by atoms with E-state index in [1.807, 2.05) is 25.9 Å². The Morgan fingerprint density at radius 1 is 1.43 bits per heavy atom. The molecule has 1 rings (SSSR count). The molecule has 1 unspecified atom stereocenters. The van der Waals surface area contributed by atoms with E-state index in [9.17, 15) is 13.2 Å². The number of hydrogen-bond acceptors (Lipinski definition) is 7. The Morgan fingerprint density at radius 3 is 2.43 bits per heavy atom. The van der Waals surface area contributed by atoms with Crippen LogP contribution in [0.3, 0.4) is 0 Å². The fourth-order valence-electron chi connectivity index (χ4n) is 1.60. The van der Waals surface area contributed by atoms with Gasteiger partial charge in [-0.1, -0.05) is 6.92 Å². The van der Waals surface area contributed by atoms with Crippen LogP contribution in [0.5, 0.6) is 0 Å². The van der Waals surface area contributed by atoms with E-state index in [2.05, 4.69) is 5.32 Å². The van der Waals surface area contributed by atoms with Gasteiger partial charge < -0.3 is 21.7 Å². The van der Waals surface area contributed by atoms with Crippen LogP contribution in [0.15, 0.2) is 4.90 Å². The molecule has 0 bridgehead atoms. The van der Waals surface area contributed by atoms with E-state index in [-0.39, 0.29) is 27.3 Å². The number of thiophene rings is 1. The second-order valence-corrected chi connectivity index (χ2v) is 8.20. The summed E-state index contributed by atoms with van der Waals surface area (Å²) in [6.45, 7) is 4.05. The predicted molar refractivity (Wildman–Crippen MR) is 86.6 cm³/mol. The molecule has 0 aromatic carbocycles. The highest BCUT2D eigenvalue weighted by Gasteiger charge is 2.28. The lowest BCUT2D eigenvalue weighted by Crippen LogP contribution is -2.31. The highest BCUT2D eigenvalue weighted by molar-refractivity contribution is 7.91. The molecular weight excluding hydrogens is 312 g/mol. The highest BCUT2D eigenvalue weighted by atomic mass is 32.2. The number of sulfone groups is 1. The minimum atomic E-state index is -3.54. The fraction of sp³-hybridized carbons (Fsp3) is 0.583. The van der Waals surface area contributed by atoms with Crippen LogP contribution in [-0.4, -0.2) is 51.7 Å². The minimum absolute atomic E-state index is 0.0187. The van der Waals surface area contributed by atoms with E-state index in [0.29, 0.717) is 11.5 Å². The summed E-state index contributed by atoms with van der Waals surface area (Å²) < 4.78 is 24.4. The van der Waals surface area contributed by atoms with Gasteiger partial charge in [-0.2, -0.15) is 0 Å². The molecule has 0 saturated heterocycles. The average molecular weight is 334 g/mol. The quantitative estimate of drug-likeness (QED) is 0.671. The zero-order chi connectivity index (χ0) is 16.4. The number of likely N-dealkylation sites (N-methyl/N-ethyl adjacent to an activating group) is 1. The topological polar surface area (TPSA) is 119 Å². The third-order valence-corrected chi connectivity index (χ3v) is 6.37. The average Bonchev–Trinajstić information content (AvgIpc) is 2.73. The lowest BCUT2D eigenvalue weighted by Gasteiger charge is -2.20. The van der Waals surface area contributed by atoms with Gasteiger partial charge in [0.1, 0.15) is 14.8 Å². The summed E-state index contributed by atoms with van der Waals surface area (Å²) in [6.07, 6.45) is 0. The summed E-state index contributed by atoms with van der Waals surface area (Å²) in [7, 11) is 0.310. The molecule has 21 heavy (non-hydrogen) atoms. The van der Waals surface area contributed by atoms with Crippen molar-refractivity contribution in [2.24, 2.45) is 5.73 Å². The van der Waals surface area contributed by atoms with Crippen molar-refractivity contribution >= 4 is 37.8 Å². The molecule has 120 valence electrons. The largest absolute Gasteiger partial charge is 0.396 e. The first-order chi connectivity index (χ1) is 9.61. The molecule has 5 N–H and O–H groups in total. The van der Waals surface area contributed by atoms with Gasteiger partial charge in [0, 0.05) is 12.6 Å². The van der Waals surface area contributed by atoms with Gasteiger partial charge in [-0.25, -0.2) is 8.42 Å². The first kappa shape index (κ1) is 17.7. The minimum Gasteiger partial charge on any atom is -0.396 e. The molecule has 0 fully saturated rings. The van der Waals surface area contributed by atoms with E-state index >= 15 is 0 Å². The number of primary amides is 1. The van der Waals surface area contributed by atoms with Crippen LogP contribution in [0.4, 0.5) is 10.7 Å². The molecule has 7 nitrogen and oxygen atoms in total. The number of nitrogens with one attached hydrogen (secondary N) is 1. The van der Waals surface area contributed by atoms with Crippen molar-refractivity contribution in [3.05, 3.63) is 4.88 Å². The number of nitrogens with zero attached hydrogens (tertiary/aromatic N) is 1. The highest BCUT2D eigenvalue weighted by Crippen LogP contribution is 2.39. The molecule has 1 aromatic heterocycles. The lowest BCUT2D eigenvalue weighted by molar-refractivity contribution is 0.100. The first-order valence-corrected chi connectivity index (χ1v) is 8.93. The van der Waals surface area contributed by atoms with E-state index < -0.39 is 15.7 Å². The number of nitrogens with two attached hydrogens (primary N) is 2. The van der Waals surface area contributed by atoms with E-state index in [0.717, 1.165) is 11.3 Å². The van der Waals surface area contributed by atoms with Crippen molar-refractivity contribution in [3.63, 3.8) is 0 Å². The summed E-state index contributed by atoms with van der Waals surface area (Å²) in [5.41, 5.74) is 11.0. The molecular formula is C12H22N4O3S2. The Balaban J connectivity index is 3.25. The maximum Gasteiger partial charge on any atom is 0.261 e. The van der Waals surface area contributed by atoms with Gasteiger partial charge in [0.15, 0.2) is 9.84 Å². The van der Waals surface area contributed by atoms with Gasteiger partial charge in [0.05, 0.1) is 11.4 Å². The van der Waals surface area contributed by atoms with Crippen molar-refractivity contribution in [3.8, 4) is 0 Å². The standard InChI is InChI=1S/C12H22N4O3S2/c1-5-21(18,19)10-8(13)9(11(14)17)20-12(10)15-6-7(2)16(3)4/h7,15H,5-6,13H2,1-4H3,(H2,14,17). The molecule has 0 radical (unpaired) electrons. The molecule has 0 aliphatic rings. The van der Waals surface area contributed by atoms with Crippen LogP contribution in [0, 0.1) is 0 Å². The van der Waals surface area contributed by atoms with Crippen molar-refractivity contribution in [1.29, 1.82) is 0 Å². The van der Waals surface area contributed by atoms with Gasteiger partial charge in [-0.3, -0.25) is 4.79 Å². The number of carbonyl (C=O) groups is 1. The smallest absolute Gasteiger partial charge is 0.261 e. The van der Waals surface area contributed by atoms with E-state index in [1.165, 1.54) is 6.92 Å². The summed E-state index contributed by atoms with van der Waals surface area (Å²) in [6, 6.07) is 0.183. The summed E-state index contributed by atoms with van der Waals surface area (Å²) >= 11 is 0.982. The Labute approximate surface area is 129 Å². The molecule has 1 heterocycles. The van der Waals surface area contributed by atoms with E-state index in [1.54, 1.807) is 0 Å². The zero-order valence-electron chi connectivity index (χ0n) is 12.6. The Bertz CT molecular complexity index is 623. The van der Waals surface area contributed by atoms with Crippen LogP contribution in [0.1, 0.15) is 23.5 Å². The van der Waals surface area contributed by atoms with Crippen molar-refractivity contribution in [2.45, 2.75) is 24.8 Å². The molecule has 1 atom stereocenters. The molecule has 9 heteroatoms. The van der Waals surface area contributed by atoms with E-state index in [4.69, 9.17) is 11.5 Å². The number of nitrogen functional groups attached to an aromatic ring is 1. The Morgan fingerprint density at radius 2 is 2.00 bits per heavy atom. The predicted octanol–water partition coefficient (Wildman–Crippen LogP) is 0.585. The van der Waals surface area contributed by atoms with Crippen LogP contribution in [0.25, 0.3) is 0 Å². The summed E-state index contributed by atoms with van der Waals surface area (Å²) in [4.78, 5) is 13.4. The first-order valence-electron chi connectivity index (χ1n) is 6.46. The monoisotopic (exact) mass is 334 g/mol. The number of rotatable bonds is 7. The number of anilines is 2. The van der Waals surface area contributed by atoms with Gasteiger partial charge >= 0.3 is 0 Å². The van der Waals surface area contributed by atoms with Gasteiger partial charge in [-0.05, 0) is 21.0 Å². The fourth-order valence-corrected chi connectivity index (χ4v) is 4.13. The third-order valence-electron chi connectivity index (χ3n) is 3.25. The van der Waals surface area contributed by atoms with Crippen molar-refractivity contribution < 1.29 is 13.2 Å². The van der Waals surface area contributed by atoms with Crippen LogP contribution in [-0.2, 0) is 9.84 Å². The normalized spacial score (nSPS) is 13.4. The Kier molecular flexibility index (Phi) is 5.60. The molecule has 1 aromatic rings. The van der Waals surface area contributed by atoms with Gasteiger partial charge in [0.2, 0.25) is 0 Å². The Hall–Kier alpha value is -1.32. The second-order valence-electron chi connectivity index (χ2n) is 4.96. The molecule has 0 spiro atoms. The molecule has 0 aliphatic heterocycles.